The van der Waals surface area contributed by atoms with Crippen LogP contribution in [0, 0.1) is 34.5 Å². The van der Waals surface area contributed by atoms with Crippen LogP contribution in [0.5, 0.6) is 0 Å². The molecule has 6 atom stereocenters. The monoisotopic (exact) mass is 298 g/mol. The van der Waals surface area contributed by atoms with Crippen molar-refractivity contribution < 1.29 is 0 Å². The fourth-order valence-electron chi connectivity index (χ4n) is 7.33. The summed E-state index contributed by atoms with van der Waals surface area (Å²) in [6.07, 6.45) is 20.7. The van der Waals surface area contributed by atoms with Gasteiger partial charge in [-0.25, -0.2) is 0 Å². The third-order valence-electron chi connectivity index (χ3n) is 8.57. The quantitative estimate of drug-likeness (QED) is 0.516. The second kappa shape index (κ2) is 5.25. The normalized spacial score (nSPS) is 51.1. The molecule has 4 aliphatic carbocycles. The van der Waals surface area contributed by atoms with Crippen LogP contribution < -0.4 is 0 Å². The molecule has 3 saturated carbocycles. The lowest BCUT2D eigenvalue weighted by Crippen LogP contribution is -2.52. The van der Waals surface area contributed by atoms with Crippen molar-refractivity contribution >= 4 is 0 Å². The van der Waals surface area contributed by atoms with Crippen LogP contribution in [0.2, 0.25) is 0 Å². The lowest BCUT2D eigenvalue weighted by atomic mass is 9.45. The topological polar surface area (TPSA) is 0 Å². The Morgan fingerprint density at radius 1 is 1.00 bits per heavy atom. The number of allylic oxidation sites excluding steroid dienone is 4. The molecule has 3 fully saturated rings. The summed E-state index contributed by atoms with van der Waals surface area (Å²) in [5.74, 6) is 4.04. The molecule has 0 saturated heterocycles. The highest BCUT2D eigenvalue weighted by molar-refractivity contribution is 5.33. The van der Waals surface area contributed by atoms with Gasteiger partial charge in [-0.2, -0.15) is 0 Å². The van der Waals surface area contributed by atoms with Gasteiger partial charge >= 0.3 is 0 Å². The molecule has 0 aromatic rings. The molecule has 0 nitrogen and oxygen atoms in total. The van der Waals surface area contributed by atoms with Crippen LogP contribution in [0.4, 0.5) is 0 Å². The Bertz CT molecular complexity index is 498. The summed E-state index contributed by atoms with van der Waals surface area (Å²) in [5, 5.41) is 0. The van der Waals surface area contributed by atoms with Crippen LogP contribution in [0.3, 0.4) is 0 Å². The molecular formula is C22H34. The molecule has 0 aromatic heterocycles. The Labute approximate surface area is 137 Å². The summed E-state index contributed by atoms with van der Waals surface area (Å²) < 4.78 is 0. The van der Waals surface area contributed by atoms with Crippen molar-refractivity contribution in [3.8, 4) is 0 Å². The summed E-state index contributed by atoms with van der Waals surface area (Å²) in [5.41, 5.74) is 2.84. The van der Waals surface area contributed by atoms with Gasteiger partial charge in [-0.15, -0.1) is 0 Å². The largest absolute Gasteiger partial charge is 0.0874 e. The van der Waals surface area contributed by atoms with Crippen LogP contribution in [0.1, 0.15) is 78.6 Å². The number of hydrogen-bond acceptors (Lipinski definition) is 0. The third kappa shape index (κ3) is 1.95. The van der Waals surface area contributed by atoms with Crippen LogP contribution in [-0.4, -0.2) is 0 Å². The van der Waals surface area contributed by atoms with E-state index in [4.69, 9.17) is 0 Å². The molecule has 4 rings (SSSR count). The number of fused-ring (bicyclic) bond motifs is 5. The molecule has 22 heavy (non-hydrogen) atoms. The van der Waals surface area contributed by atoms with E-state index in [1.54, 1.807) is 5.57 Å². The van der Waals surface area contributed by atoms with Crippen molar-refractivity contribution in [1.29, 1.82) is 0 Å². The molecular weight excluding hydrogens is 264 g/mol. The van der Waals surface area contributed by atoms with Gasteiger partial charge in [0.1, 0.15) is 0 Å². The number of hydrogen-bond donors (Lipinski definition) is 0. The van der Waals surface area contributed by atoms with Gasteiger partial charge in [0.25, 0.3) is 0 Å². The van der Waals surface area contributed by atoms with Crippen LogP contribution in [0.15, 0.2) is 23.8 Å². The van der Waals surface area contributed by atoms with E-state index in [0.29, 0.717) is 10.8 Å². The van der Waals surface area contributed by atoms with E-state index in [-0.39, 0.29) is 0 Å². The minimum atomic E-state index is 0.492. The highest BCUT2D eigenvalue weighted by Crippen LogP contribution is 2.66. The average Bonchev–Trinajstić information content (AvgIpc) is 2.84. The zero-order valence-corrected chi connectivity index (χ0v) is 14.9. The molecule has 0 aromatic carbocycles. The maximum atomic E-state index is 2.69. The first-order chi connectivity index (χ1) is 10.6. The Morgan fingerprint density at radius 2 is 1.86 bits per heavy atom. The van der Waals surface area contributed by atoms with Crippen molar-refractivity contribution in [2.24, 2.45) is 34.5 Å². The van der Waals surface area contributed by atoms with E-state index >= 15 is 0 Å². The van der Waals surface area contributed by atoms with E-state index in [2.05, 4.69) is 39.0 Å². The van der Waals surface area contributed by atoms with Crippen LogP contribution in [0.25, 0.3) is 0 Å². The fourth-order valence-corrected chi connectivity index (χ4v) is 7.33. The first-order valence-corrected chi connectivity index (χ1v) is 9.93. The van der Waals surface area contributed by atoms with E-state index in [1.807, 2.05) is 0 Å². The molecule has 122 valence electrons. The molecule has 1 unspecified atom stereocenters. The minimum absolute atomic E-state index is 0.492. The van der Waals surface area contributed by atoms with E-state index in [1.165, 1.54) is 57.8 Å². The standard InChI is InChI=1S/C22H34/c1-4-7-16-10-12-19-18-11-9-17-8-5-6-14-21(17,2)20(18)13-15-22(16,19)3/h4,7,10,17-20H,5-6,8-9,11-15H2,1-3H3/t17?,18-,19-,20-,21-,22+/m0/s1. The predicted molar refractivity (Wildman–Crippen MR) is 94.6 cm³/mol. The smallest absolute Gasteiger partial charge is 0.00445 e. The maximum Gasteiger partial charge on any atom is -0.00445 e. The van der Waals surface area contributed by atoms with Crippen molar-refractivity contribution in [3.63, 3.8) is 0 Å². The van der Waals surface area contributed by atoms with Gasteiger partial charge < -0.3 is 0 Å². The highest BCUT2D eigenvalue weighted by atomic mass is 14.6. The van der Waals surface area contributed by atoms with Gasteiger partial charge in [-0.1, -0.05) is 44.9 Å². The van der Waals surface area contributed by atoms with Gasteiger partial charge in [0.15, 0.2) is 0 Å². The van der Waals surface area contributed by atoms with Crippen LogP contribution in [-0.2, 0) is 0 Å². The van der Waals surface area contributed by atoms with E-state index in [0.717, 1.165) is 23.7 Å². The molecule has 0 heteroatoms. The van der Waals surface area contributed by atoms with Gasteiger partial charge in [0, 0.05) is 0 Å². The van der Waals surface area contributed by atoms with Crippen molar-refractivity contribution in [1.82, 2.24) is 0 Å². The minimum Gasteiger partial charge on any atom is -0.0874 e. The second-order valence-electron chi connectivity index (χ2n) is 9.25. The molecule has 0 bridgehead atoms. The first-order valence-electron chi connectivity index (χ1n) is 9.93. The van der Waals surface area contributed by atoms with E-state index in [9.17, 15) is 0 Å². The fraction of sp³-hybridized carbons (Fsp3) is 0.818. The van der Waals surface area contributed by atoms with Crippen molar-refractivity contribution in [2.45, 2.75) is 78.6 Å². The van der Waals surface area contributed by atoms with Gasteiger partial charge in [0.05, 0.1) is 0 Å². The zero-order valence-electron chi connectivity index (χ0n) is 14.9. The summed E-state index contributed by atoms with van der Waals surface area (Å²) >= 11 is 0. The highest BCUT2D eigenvalue weighted by Gasteiger charge is 2.57. The molecule has 0 N–H and O–H groups in total. The summed E-state index contributed by atoms with van der Waals surface area (Å²) in [6.45, 7) is 7.45. The second-order valence-corrected chi connectivity index (χ2v) is 9.25. The lowest BCUT2D eigenvalue weighted by Gasteiger charge is -2.60. The average molecular weight is 299 g/mol. The summed E-state index contributed by atoms with van der Waals surface area (Å²) in [7, 11) is 0. The Kier molecular flexibility index (Phi) is 3.59. The maximum absolute atomic E-state index is 2.69. The van der Waals surface area contributed by atoms with Gasteiger partial charge in [-0.3, -0.25) is 0 Å². The summed E-state index contributed by atoms with van der Waals surface area (Å²) in [6, 6.07) is 0. The first kappa shape index (κ1) is 15.0. The lowest BCUT2D eigenvalue weighted by molar-refractivity contribution is -0.0982. The van der Waals surface area contributed by atoms with Gasteiger partial charge in [-0.05, 0) is 91.9 Å². The molecule has 0 radical (unpaired) electrons. The Hall–Kier alpha value is -0.520. The third-order valence-corrected chi connectivity index (χ3v) is 8.57. The summed E-state index contributed by atoms with van der Waals surface area (Å²) in [4.78, 5) is 0. The van der Waals surface area contributed by atoms with E-state index < -0.39 is 0 Å². The molecule has 4 aliphatic rings. The van der Waals surface area contributed by atoms with Gasteiger partial charge in [0.2, 0.25) is 0 Å². The molecule has 0 aliphatic heterocycles. The molecule has 0 amide bonds. The van der Waals surface area contributed by atoms with Crippen molar-refractivity contribution in [3.05, 3.63) is 23.8 Å². The Morgan fingerprint density at radius 3 is 2.68 bits per heavy atom. The van der Waals surface area contributed by atoms with Crippen molar-refractivity contribution in [2.75, 3.05) is 0 Å². The number of rotatable bonds is 1. The SMILES string of the molecule is CC=CC1=CC[C@H]2[C@@H]3CCC4CCCC[C@]4(C)[C@H]3CC[C@]12C. The predicted octanol–water partition coefficient (Wildman–Crippen LogP) is 6.53. The molecule has 0 spiro atoms. The molecule has 0 heterocycles. The zero-order chi connectivity index (χ0) is 15.4. The van der Waals surface area contributed by atoms with Crippen LogP contribution >= 0.6 is 0 Å². The Balaban J connectivity index is 1.63.